The van der Waals surface area contributed by atoms with Crippen molar-refractivity contribution in [3.8, 4) is 0 Å². The van der Waals surface area contributed by atoms with E-state index in [2.05, 4.69) is 5.32 Å². The Bertz CT molecular complexity index is 883. The van der Waals surface area contributed by atoms with Gasteiger partial charge >= 0.3 is 0 Å². The standard InChI is InChI=1S/C23H25FN2O2/c1-15-13-18(24)11-12-19(15)25-22(27)21-14-17-9-5-6-10-20(17)26(21)23(28)16-7-3-2-4-8-16/h2-4,7-8,11-13,17,20-21H,5-6,9-10,14H2,1H3,(H,25,27). The zero-order valence-electron chi connectivity index (χ0n) is 16.0. The number of nitrogens with one attached hydrogen (secondary N) is 1. The van der Waals surface area contributed by atoms with E-state index in [0.29, 0.717) is 29.2 Å². The van der Waals surface area contributed by atoms with Gasteiger partial charge in [-0.15, -0.1) is 0 Å². The summed E-state index contributed by atoms with van der Waals surface area (Å²) in [5, 5.41) is 2.93. The molecule has 2 aromatic rings. The van der Waals surface area contributed by atoms with Crippen LogP contribution >= 0.6 is 0 Å². The Balaban J connectivity index is 1.61. The summed E-state index contributed by atoms with van der Waals surface area (Å²) in [6, 6.07) is 13.1. The maximum absolute atomic E-state index is 13.4. The van der Waals surface area contributed by atoms with Gasteiger partial charge in [-0.3, -0.25) is 9.59 Å². The van der Waals surface area contributed by atoms with Gasteiger partial charge in [-0.25, -0.2) is 4.39 Å². The van der Waals surface area contributed by atoms with Crippen molar-refractivity contribution in [1.29, 1.82) is 0 Å². The lowest BCUT2D eigenvalue weighted by molar-refractivity contribution is -0.120. The minimum Gasteiger partial charge on any atom is -0.324 e. The SMILES string of the molecule is Cc1cc(F)ccc1NC(=O)C1CC2CCCCC2N1C(=O)c1ccccc1. The molecular formula is C23H25FN2O2. The van der Waals surface area contributed by atoms with Gasteiger partial charge in [0.1, 0.15) is 11.9 Å². The van der Waals surface area contributed by atoms with Crippen molar-refractivity contribution in [2.45, 2.75) is 51.1 Å². The van der Waals surface area contributed by atoms with Crippen LogP contribution in [0.4, 0.5) is 10.1 Å². The Morgan fingerprint density at radius 3 is 2.57 bits per heavy atom. The number of halogens is 1. The predicted molar refractivity (Wildman–Crippen MR) is 107 cm³/mol. The van der Waals surface area contributed by atoms with Gasteiger partial charge < -0.3 is 10.2 Å². The van der Waals surface area contributed by atoms with Crippen molar-refractivity contribution < 1.29 is 14.0 Å². The third-order valence-electron chi connectivity index (χ3n) is 6.09. The maximum atomic E-state index is 13.4. The lowest BCUT2D eigenvalue weighted by Gasteiger charge is -2.33. The lowest BCUT2D eigenvalue weighted by atomic mass is 9.84. The number of aryl methyl sites for hydroxylation is 1. The molecule has 0 radical (unpaired) electrons. The summed E-state index contributed by atoms with van der Waals surface area (Å²) < 4.78 is 13.4. The first-order valence-electron chi connectivity index (χ1n) is 9.99. The number of benzene rings is 2. The molecule has 2 fully saturated rings. The van der Waals surface area contributed by atoms with Gasteiger partial charge in [-0.05, 0) is 68.0 Å². The van der Waals surface area contributed by atoms with Crippen molar-refractivity contribution in [1.82, 2.24) is 4.90 Å². The fourth-order valence-corrected chi connectivity index (χ4v) is 4.70. The molecule has 28 heavy (non-hydrogen) atoms. The van der Waals surface area contributed by atoms with E-state index in [4.69, 9.17) is 0 Å². The highest BCUT2D eigenvalue weighted by atomic mass is 19.1. The number of anilines is 1. The van der Waals surface area contributed by atoms with Crippen molar-refractivity contribution >= 4 is 17.5 Å². The molecule has 0 bridgehead atoms. The molecule has 1 aliphatic heterocycles. The number of carbonyl (C=O) groups is 2. The van der Waals surface area contributed by atoms with Crippen LogP contribution in [-0.4, -0.2) is 28.8 Å². The first kappa shape index (κ1) is 18.7. The number of nitrogens with zero attached hydrogens (tertiary/aromatic N) is 1. The molecule has 0 spiro atoms. The zero-order chi connectivity index (χ0) is 19.7. The van der Waals surface area contributed by atoms with Crippen LogP contribution in [0, 0.1) is 18.7 Å². The van der Waals surface area contributed by atoms with Crippen LogP contribution in [0.1, 0.15) is 48.0 Å². The third kappa shape index (κ3) is 3.53. The van der Waals surface area contributed by atoms with Gasteiger partial charge in [0, 0.05) is 17.3 Å². The molecule has 0 aromatic heterocycles. The van der Waals surface area contributed by atoms with E-state index >= 15 is 0 Å². The van der Waals surface area contributed by atoms with Gasteiger partial charge in [0.25, 0.3) is 5.91 Å². The van der Waals surface area contributed by atoms with Gasteiger partial charge in [-0.2, -0.15) is 0 Å². The van der Waals surface area contributed by atoms with E-state index in [-0.39, 0.29) is 23.7 Å². The number of fused-ring (bicyclic) bond motifs is 1. The van der Waals surface area contributed by atoms with Crippen molar-refractivity contribution in [2.24, 2.45) is 5.92 Å². The lowest BCUT2D eigenvalue weighted by Crippen LogP contribution is -2.47. The van der Waals surface area contributed by atoms with E-state index < -0.39 is 6.04 Å². The fourth-order valence-electron chi connectivity index (χ4n) is 4.70. The Morgan fingerprint density at radius 1 is 1.07 bits per heavy atom. The molecular weight excluding hydrogens is 355 g/mol. The molecule has 1 N–H and O–H groups in total. The second-order valence-electron chi connectivity index (χ2n) is 7.89. The normalized spacial score (nSPS) is 23.9. The molecule has 146 valence electrons. The van der Waals surface area contributed by atoms with E-state index in [1.54, 1.807) is 25.1 Å². The van der Waals surface area contributed by atoms with Crippen molar-refractivity contribution in [3.63, 3.8) is 0 Å². The monoisotopic (exact) mass is 380 g/mol. The molecule has 2 aromatic carbocycles. The van der Waals surface area contributed by atoms with Gasteiger partial charge in [0.15, 0.2) is 0 Å². The van der Waals surface area contributed by atoms with Crippen LogP contribution < -0.4 is 5.32 Å². The van der Waals surface area contributed by atoms with E-state index in [0.717, 1.165) is 25.7 Å². The highest BCUT2D eigenvalue weighted by molar-refractivity contribution is 6.02. The Labute approximate surface area is 164 Å². The zero-order valence-corrected chi connectivity index (χ0v) is 16.0. The summed E-state index contributed by atoms with van der Waals surface area (Å²) in [5.41, 5.74) is 1.88. The first-order chi connectivity index (χ1) is 13.5. The summed E-state index contributed by atoms with van der Waals surface area (Å²) in [6.45, 7) is 1.76. The van der Waals surface area contributed by atoms with Gasteiger partial charge in [0.05, 0.1) is 0 Å². The largest absolute Gasteiger partial charge is 0.324 e. The molecule has 1 heterocycles. The second kappa shape index (κ2) is 7.74. The topological polar surface area (TPSA) is 49.4 Å². The number of hydrogen-bond acceptors (Lipinski definition) is 2. The van der Waals surface area contributed by atoms with Crippen LogP contribution in [0.15, 0.2) is 48.5 Å². The van der Waals surface area contributed by atoms with Crippen LogP contribution in [0.2, 0.25) is 0 Å². The van der Waals surface area contributed by atoms with Gasteiger partial charge in [-0.1, -0.05) is 31.0 Å². The molecule has 2 aliphatic rings. The number of carbonyl (C=O) groups excluding carboxylic acids is 2. The molecule has 5 heteroatoms. The van der Waals surface area contributed by atoms with E-state index in [1.165, 1.54) is 12.1 Å². The molecule has 1 saturated carbocycles. The molecule has 1 saturated heterocycles. The molecule has 4 rings (SSSR count). The third-order valence-corrected chi connectivity index (χ3v) is 6.09. The molecule has 4 nitrogen and oxygen atoms in total. The minimum atomic E-state index is -0.495. The van der Waals surface area contributed by atoms with Crippen LogP contribution in [0.5, 0.6) is 0 Å². The maximum Gasteiger partial charge on any atom is 0.254 e. The Hall–Kier alpha value is -2.69. The summed E-state index contributed by atoms with van der Waals surface area (Å²) in [4.78, 5) is 28.2. The molecule has 1 aliphatic carbocycles. The van der Waals surface area contributed by atoms with Crippen LogP contribution in [0.3, 0.4) is 0 Å². The Morgan fingerprint density at radius 2 is 1.82 bits per heavy atom. The van der Waals surface area contributed by atoms with E-state index in [1.807, 2.05) is 23.1 Å². The van der Waals surface area contributed by atoms with Crippen molar-refractivity contribution in [2.75, 3.05) is 5.32 Å². The van der Waals surface area contributed by atoms with Gasteiger partial charge in [0.2, 0.25) is 5.91 Å². The molecule has 2 amide bonds. The van der Waals surface area contributed by atoms with E-state index in [9.17, 15) is 14.0 Å². The molecule has 3 unspecified atom stereocenters. The fraction of sp³-hybridized carbons (Fsp3) is 0.391. The second-order valence-corrected chi connectivity index (χ2v) is 7.89. The molecule has 3 atom stereocenters. The predicted octanol–water partition coefficient (Wildman–Crippen LogP) is 4.55. The smallest absolute Gasteiger partial charge is 0.254 e. The number of likely N-dealkylation sites (tertiary alicyclic amines) is 1. The van der Waals surface area contributed by atoms with Crippen LogP contribution in [0.25, 0.3) is 0 Å². The number of rotatable bonds is 3. The highest BCUT2D eigenvalue weighted by Gasteiger charge is 2.47. The average molecular weight is 380 g/mol. The van der Waals surface area contributed by atoms with Crippen LogP contribution in [-0.2, 0) is 4.79 Å². The number of amides is 2. The highest BCUT2D eigenvalue weighted by Crippen LogP contribution is 2.41. The van der Waals surface area contributed by atoms with Crippen molar-refractivity contribution in [3.05, 3.63) is 65.5 Å². The Kier molecular flexibility index (Phi) is 5.16. The minimum absolute atomic E-state index is 0.0778. The average Bonchev–Trinajstić information content (AvgIpc) is 3.10. The summed E-state index contributed by atoms with van der Waals surface area (Å²) >= 11 is 0. The summed E-state index contributed by atoms with van der Waals surface area (Å²) in [7, 11) is 0. The number of hydrogen-bond donors (Lipinski definition) is 1. The quantitative estimate of drug-likeness (QED) is 0.849. The first-order valence-corrected chi connectivity index (χ1v) is 9.99. The summed E-state index contributed by atoms with van der Waals surface area (Å²) in [5.74, 6) is -0.228. The summed E-state index contributed by atoms with van der Waals surface area (Å²) in [6.07, 6.45) is 4.94.